The van der Waals surface area contributed by atoms with Gasteiger partial charge in [0.05, 0.1) is 28.0 Å². The number of amides is 2. The van der Waals surface area contributed by atoms with E-state index in [1.165, 1.54) is 12.1 Å². The normalized spacial score (nSPS) is 18.6. The van der Waals surface area contributed by atoms with E-state index in [1.54, 1.807) is 18.2 Å². The second kappa shape index (κ2) is 7.89. The van der Waals surface area contributed by atoms with Crippen molar-refractivity contribution in [1.29, 1.82) is 0 Å². The minimum absolute atomic E-state index is 0.00837. The van der Waals surface area contributed by atoms with Crippen molar-refractivity contribution in [2.45, 2.75) is 38.7 Å². The number of urea groups is 1. The summed E-state index contributed by atoms with van der Waals surface area (Å²) in [6.45, 7) is 5.76. The number of alkyl halides is 3. The number of carbonyl (C=O) groups excluding carboxylic acids is 1. The van der Waals surface area contributed by atoms with E-state index in [1.807, 2.05) is 20.8 Å². The van der Waals surface area contributed by atoms with E-state index in [-0.39, 0.29) is 16.8 Å². The van der Waals surface area contributed by atoms with Crippen molar-refractivity contribution in [3.63, 3.8) is 0 Å². The molecule has 0 radical (unpaired) electrons. The maximum absolute atomic E-state index is 12.8. The Balaban J connectivity index is 1.67. The molecule has 1 unspecified atom stereocenters. The van der Waals surface area contributed by atoms with Crippen LogP contribution in [0.5, 0.6) is 0 Å². The van der Waals surface area contributed by atoms with Gasteiger partial charge in [0.1, 0.15) is 0 Å². The lowest BCUT2D eigenvalue weighted by Gasteiger charge is -2.21. The van der Waals surface area contributed by atoms with E-state index >= 15 is 0 Å². The summed E-state index contributed by atoms with van der Waals surface area (Å²) < 4.78 is 50.0. The molecule has 1 aliphatic rings. The quantitative estimate of drug-likeness (QED) is 0.686. The lowest BCUT2D eigenvalue weighted by molar-refractivity contribution is -0.137. The lowest BCUT2D eigenvalue weighted by Crippen LogP contribution is -2.34. The molecule has 1 heterocycles. The molecule has 2 amide bonds. The molecule has 1 saturated heterocycles. The van der Waals surface area contributed by atoms with E-state index in [0.29, 0.717) is 11.2 Å². The maximum Gasteiger partial charge on any atom is 0.494 e. The SMILES string of the molecule is CC1OB(c2ccc(NC(=O)Nc3cccc(C(F)(F)F)c3)c(Cl)c2)OC1(C)C. The molecule has 0 aromatic heterocycles. The van der Waals surface area contributed by atoms with Crippen LogP contribution in [0.4, 0.5) is 29.3 Å². The highest BCUT2D eigenvalue weighted by Crippen LogP contribution is 2.31. The van der Waals surface area contributed by atoms with Gasteiger partial charge in [-0.15, -0.1) is 0 Å². The summed E-state index contributed by atoms with van der Waals surface area (Å²) in [7, 11) is -0.578. The smallest absolute Gasteiger partial charge is 0.402 e. The number of halogens is 4. The van der Waals surface area contributed by atoms with Crippen molar-refractivity contribution in [3.8, 4) is 0 Å². The second-order valence-corrected chi connectivity index (χ2v) is 7.64. The topological polar surface area (TPSA) is 59.6 Å². The molecule has 1 atom stereocenters. The van der Waals surface area contributed by atoms with Crippen molar-refractivity contribution < 1.29 is 27.3 Å². The first-order chi connectivity index (χ1) is 13.5. The molecule has 1 aliphatic heterocycles. The van der Waals surface area contributed by atoms with Crippen molar-refractivity contribution in [3.05, 3.63) is 53.1 Å². The van der Waals surface area contributed by atoms with Crippen molar-refractivity contribution >= 4 is 41.6 Å². The zero-order valence-corrected chi connectivity index (χ0v) is 16.7. The van der Waals surface area contributed by atoms with Gasteiger partial charge in [-0.05, 0) is 56.6 Å². The third kappa shape index (κ3) is 5.04. The first kappa shape index (κ1) is 21.5. The fourth-order valence-electron chi connectivity index (χ4n) is 2.73. The number of rotatable bonds is 3. The summed E-state index contributed by atoms with van der Waals surface area (Å²) in [6, 6.07) is 8.51. The third-order valence-corrected chi connectivity index (χ3v) is 4.99. The van der Waals surface area contributed by atoms with Crippen LogP contribution in [0, 0.1) is 0 Å². The minimum Gasteiger partial charge on any atom is -0.402 e. The number of anilines is 2. The molecule has 29 heavy (non-hydrogen) atoms. The number of hydrogen-bond donors (Lipinski definition) is 2. The van der Waals surface area contributed by atoms with Crippen molar-refractivity contribution in [1.82, 2.24) is 0 Å². The van der Waals surface area contributed by atoms with Gasteiger partial charge in [-0.1, -0.05) is 23.7 Å². The van der Waals surface area contributed by atoms with Gasteiger partial charge >= 0.3 is 19.3 Å². The molecule has 10 heteroatoms. The molecule has 0 saturated carbocycles. The molecule has 5 nitrogen and oxygen atoms in total. The Bertz CT molecular complexity index is 924. The van der Waals surface area contributed by atoms with Crippen LogP contribution in [0.1, 0.15) is 26.3 Å². The average Bonchev–Trinajstić information content (AvgIpc) is 2.89. The number of hydrogen-bond acceptors (Lipinski definition) is 3. The Hall–Kier alpha value is -2.23. The molecular weight excluding hydrogens is 407 g/mol. The molecule has 0 aliphatic carbocycles. The molecule has 1 fully saturated rings. The standard InChI is InChI=1S/C19H19BClF3N2O3/c1-11-18(2,3)29-20(28-11)13-7-8-16(15(21)10-13)26-17(27)25-14-6-4-5-12(9-14)19(22,23)24/h4-11H,1-3H3,(H2,25,26,27). The zero-order valence-electron chi connectivity index (χ0n) is 15.9. The second-order valence-electron chi connectivity index (χ2n) is 7.23. The summed E-state index contributed by atoms with van der Waals surface area (Å²) in [5, 5.41) is 5.12. The van der Waals surface area contributed by atoms with Gasteiger partial charge in [0.15, 0.2) is 0 Å². The highest BCUT2D eigenvalue weighted by Gasteiger charge is 2.43. The Morgan fingerprint density at radius 2 is 1.90 bits per heavy atom. The fraction of sp³-hybridized carbons (Fsp3) is 0.316. The zero-order chi connectivity index (χ0) is 21.4. The van der Waals surface area contributed by atoms with Crippen LogP contribution >= 0.6 is 11.6 Å². The van der Waals surface area contributed by atoms with Gasteiger partial charge in [0, 0.05) is 5.69 Å². The van der Waals surface area contributed by atoms with Gasteiger partial charge < -0.3 is 19.9 Å². The number of nitrogens with one attached hydrogen (secondary N) is 2. The van der Waals surface area contributed by atoms with Crippen LogP contribution in [-0.2, 0) is 15.5 Å². The van der Waals surface area contributed by atoms with Crippen LogP contribution in [0.25, 0.3) is 0 Å². The predicted octanol–water partition coefficient (Wildman–Crippen LogP) is 4.91. The third-order valence-electron chi connectivity index (χ3n) is 4.68. The Kier molecular flexibility index (Phi) is 5.85. The first-order valence-corrected chi connectivity index (χ1v) is 9.21. The van der Waals surface area contributed by atoms with E-state index < -0.39 is 30.5 Å². The van der Waals surface area contributed by atoms with Gasteiger partial charge in [-0.3, -0.25) is 0 Å². The molecule has 154 valence electrons. The number of carbonyl (C=O) groups is 1. The van der Waals surface area contributed by atoms with E-state index in [0.717, 1.165) is 12.1 Å². The fourth-order valence-corrected chi connectivity index (χ4v) is 2.97. The summed E-state index contributed by atoms with van der Waals surface area (Å²) >= 11 is 6.25. The summed E-state index contributed by atoms with van der Waals surface area (Å²) in [4.78, 5) is 12.2. The van der Waals surface area contributed by atoms with Crippen LogP contribution in [0.3, 0.4) is 0 Å². The van der Waals surface area contributed by atoms with E-state index in [4.69, 9.17) is 20.9 Å². The highest BCUT2D eigenvalue weighted by atomic mass is 35.5. The summed E-state index contributed by atoms with van der Waals surface area (Å²) in [5.41, 5.74) is -0.305. The van der Waals surface area contributed by atoms with E-state index in [2.05, 4.69) is 10.6 Å². The molecule has 2 aromatic carbocycles. The monoisotopic (exact) mass is 426 g/mol. The number of benzene rings is 2. The first-order valence-electron chi connectivity index (χ1n) is 8.84. The van der Waals surface area contributed by atoms with Crippen molar-refractivity contribution in [2.75, 3.05) is 10.6 Å². The Morgan fingerprint density at radius 1 is 1.17 bits per heavy atom. The predicted molar refractivity (Wildman–Crippen MR) is 107 cm³/mol. The molecule has 2 N–H and O–H groups in total. The summed E-state index contributed by atoms with van der Waals surface area (Å²) in [6.07, 6.45) is -4.61. The molecule has 2 aromatic rings. The van der Waals surface area contributed by atoms with E-state index in [9.17, 15) is 18.0 Å². The van der Waals surface area contributed by atoms with Crippen LogP contribution in [0.15, 0.2) is 42.5 Å². The highest BCUT2D eigenvalue weighted by molar-refractivity contribution is 6.62. The largest absolute Gasteiger partial charge is 0.494 e. The Labute approximate surface area is 171 Å². The van der Waals surface area contributed by atoms with Crippen molar-refractivity contribution in [2.24, 2.45) is 0 Å². The maximum atomic E-state index is 12.8. The van der Waals surface area contributed by atoms with Crippen LogP contribution in [0.2, 0.25) is 5.02 Å². The molecular formula is C19H19BClF3N2O3. The Morgan fingerprint density at radius 3 is 2.48 bits per heavy atom. The van der Waals surface area contributed by atoms with Gasteiger partial charge in [-0.2, -0.15) is 13.2 Å². The molecule has 0 spiro atoms. The molecule has 0 bridgehead atoms. The van der Waals surface area contributed by atoms with Gasteiger partial charge in [-0.25, -0.2) is 4.79 Å². The lowest BCUT2D eigenvalue weighted by atomic mass is 9.79. The van der Waals surface area contributed by atoms with Crippen LogP contribution < -0.4 is 16.1 Å². The average molecular weight is 427 g/mol. The van der Waals surface area contributed by atoms with Crippen LogP contribution in [-0.4, -0.2) is 24.9 Å². The summed E-state index contributed by atoms with van der Waals surface area (Å²) in [5.74, 6) is 0. The minimum atomic E-state index is -4.50. The molecule has 3 rings (SSSR count). The van der Waals surface area contributed by atoms with Gasteiger partial charge in [0.25, 0.3) is 0 Å². The van der Waals surface area contributed by atoms with Gasteiger partial charge in [0.2, 0.25) is 0 Å².